The molecule has 4 aromatic carbocycles. The summed E-state index contributed by atoms with van der Waals surface area (Å²) in [6.45, 7) is 1.37. The summed E-state index contributed by atoms with van der Waals surface area (Å²) in [6.07, 6.45) is 0.211. The Hall–Kier alpha value is -3.32. The largest absolute Gasteiger partial charge is 0.393 e. The lowest BCUT2D eigenvalue weighted by molar-refractivity contribution is -0.361. The van der Waals surface area contributed by atoms with Crippen molar-refractivity contribution in [1.29, 1.82) is 0 Å². The average molecular weight is 525 g/mol. The molecule has 1 saturated carbocycles. The van der Waals surface area contributed by atoms with Crippen molar-refractivity contribution in [1.82, 2.24) is 0 Å². The molecule has 1 aliphatic rings. The standard InChI is InChI=1S/C34H36O5/c35-32-21-33(36-23-28-13-5-1-6-14-28,37-24-29-15-7-2-8-16-29)27-34(22-32,38-25-30-17-9-3-10-18-30)39-26-31-19-11-4-12-20-31/h1-20,32,35H,21-27H2. The first-order chi connectivity index (χ1) is 19.1. The first-order valence-electron chi connectivity index (χ1n) is 13.5. The molecule has 0 amide bonds. The molecule has 0 atom stereocenters. The van der Waals surface area contributed by atoms with Gasteiger partial charge in [0.05, 0.1) is 39.0 Å². The van der Waals surface area contributed by atoms with Crippen molar-refractivity contribution in [3.8, 4) is 0 Å². The van der Waals surface area contributed by atoms with Gasteiger partial charge in [-0.2, -0.15) is 0 Å². The van der Waals surface area contributed by atoms with Crippen LogP contribution < -0.4 is 0 Å². The van der Waals surface area contributed by atoms with Crippen LogP contribution in [0.1, 0.15) is 41.5 Å². The zero-order valence-electron chi connectivity index (χ0n) is 22.2. The van der Waals surface area contributed by atoms with E-state index in [1.165, 1.54) is 0 Å². The molecule has 0 bridgehead atoms. The molecule has 0 aromatic heterocycles. The maximum Gasteiger partial charge on any atom is 0.176 e. The fraction of sp³-hybridized carbons (Fsp3) is 0.294. The van der Waals surface area contributed by atoms with E-state index in [1.807, 2.05) is 121 Å². The smallest absolute Gasteiger partial charge is 0.176 e. The lowest BCUT2D eigenvalue weighted by Gasteiger charge is -2.48. The van der Waals surface area contributed by atoms with Crippen molar-refractivity contribution in [3.63, 3.8) is 0 Å². The van der Waals surface area contributed by atoms with Crippen molar-refractivity contribution in [2.24, 2.45) is 0 Å². The zero-order valence-corrected chi connectivity index (χ0v) is 22.2. The molecule has 0 spiro atoms. The molecule has 5 rings (SSSR count). The molecular weight excluding hydrogens is 488 g/mol. The van der Waals surface area contributed by atoms with Crippen molar-refractivity contribution >= 4 is 0 Å². The van der Waals surface area contributed by atoms with E-state index in [2.05, 4.69) is 0 Å². The summed E-state index contributed by atoms with van der Waals surface area (Å²) in [4.78, 5) is 0. The van der Waals surface area contributed by atoms with Crippen LogP contribution in [0.3, 0.4) is 0 Å². The Morgan fingerprint density at radius 2 is 0.718 bits per heavy atom. The van der Waals surface area contributed by atoms with Gasteiger partial charge in [0.2, 0.25) is 0 Å². The molecule has 1 N–H and O–H groups in total. The van der Waals surface area contributed by atoms with E-state index in [4.69, 9.17) is 18.9 Å². The van der Waals surface area contributed by atoms with Gasteiger partial charge in [-0.3, -0.25) is 0 Å². The monoisotopic (exact) mass is 524 g/mol. The molecule has 5 heteroatoms. The van der Waals surface area contributed by atoms with E-state index in [0.29, 0.717) is 45.7 Å². The van der Waals surface area contributed by atoms with Gasteiger partial charge in [0, 0.05) is 12.8 Å². The first-order valence-corrected chi connectivity index (χ1v) is 13.5. The van der Waals surface area contributed by atoms with Crippen LogP contribution in [0.25, 0.3) is 0 Å². The van der Waals surface area contributed by atoms with Gasteiger partial charge in [0.1, 0.15) is 0 Å². The van der Waals surface area contributed by atoms with Gasteiger partial charge in [-0.25, -0.2) is 0 Å². The highest BCUT2D eigenvalue weighted by atomic mass is 16.7. The molecule has 4 aromatic rings. The number of ether oxygens (including phenoxy) is 4. The third kappa shape index (κ3) is 7.85. The topological polar surface area (TPSA) is 57.2 Å². The molecule has 1 aliphatic carbocycles. The second-order valence-electron chi connectivity index (χ2n) is 10.2. The van der Waals surface area contributed by atoms with Crippen LogP contribution in [-0.2, 0) is 45.4 Å². The van der Waals surface area contributed by atoms with Crippen LogP contribution in [-0.4, -0.2) is 22.8 Å². The fourth-order valence-electron chi connectivity index (χ4n) is 5.02. The first kappa shape index (κ1) is 27.3. The van der Waals surface area contributed by atoms with Crippen LogP contribution in [0.4, 0.5) is 0 Å². The Labute approximate surface area is 230 Å². The summed E-state index contributed by atoms with van der Waals surface area (Å²) in [6, 6.07) is 40.0. The highest BCUT2D eigenvalue weighted by molar-refractivity contribution is 5.16. The summed E-state index contributed by atoms with van der Waals surface area (Å²) in [5.41, 5.74) is 4.12. The minimum atomic E-state index is -1.11. The fourth-order valence-corrected chi connectivity index (χ4v) is 5.02. The number of hydrogen-bond donors (Lipinski definition) is 1. The molecule has 5 nitrogen and oxygen atoms in total. The summed E-state index contributed by atoms with van der Waals surface area (Å²) in [7, 11) is 0. The maximum absolute atomic E-state index is 11.2. The van der Waals surface area contributed by atoms with E-state index in [-0.39, 0.29) is 0 Å². The van der Waals surface area contributed by atoms with Gasteiger partial charge in [-0.05, 0) is 22.3 Å². The Kier molecular flexibility index (Phi) is 9.19. The van der Waals surface area contributed by atoms with Crippen molar-refractivity contribution in [2.75, 3.05) is 0 Å². The molecule has 0 unspecified atom stereocenters. The van der Waals surface area contributed by atoms with E-state index in [0.717, 1.165) is 22.3 Å². The second-order valence-corrected chi connectivity index (χ2v) is 10.2. The summed E-state index contributed by atoms with van der Waals surface area (Å²) in [5.74, 6) is -2.23. The second kappa shape index (κ2) is 13.2. The van der Waals surface area contributed by atoms with Crippen LogP contribution in [0.2, 0.25) is 0 Å². The number of rotatable bonds is 12. The molecule has 0 heterocycles. The zero-order chi connectivity index (χ0) is 26.8. The minimum absolute atomic E-state index is 0.316. The Bertz CT molecular complexity index is 1060. The quantitative estimate of drug-likeness (QED) is 0.207. The third-order valence-electron chi connectivity index (χ3n) is 7.01. The predicted octanol–water partition coefficient (Wildman–Crippen LogP) is 6.79. The highest BCUT2D eigenvalue weighted by Gasteiger charge is 2.52. The number of benzene rings is 4. The molecule has 0 aliphatic heterocycles. The van der Waals surface area contributed by atoms with Gasteiger partial charge >= 0.3 is 0 Å². The van der Waals surface area contributed by atoms with E-state index < -0.39 is 17.7 Å². The van der Waals surface area contributed by atoms with E-state index in [9.17, 15) is 5.11 Å². The maximum atomic E-state index is 11.2. The van der Waals surface area contributed by atoms with Gasteiger partial charge in [-0.1, -0.05) is 121 Å². The Morgan fingerprint density at radius 1 is 0.462 bits per heavy atom. The predicted molar refractivity (Wildman–Crippen MR) is 150 cm³/mol. The summed E-state index contributed by atoms with van der Waals surface area (Å²) >= 11 is 0. The van der Waals surface area contributed by atoms with Crippen LogP contribution in [0.15, 0.2) is 121 Å². The van der Waals surface area contributed by atoms with Crippen molar-refractivity contribution in [2.45, 2.75) is 63.4 Å². The number of aliphatic hydroxyl groups excluding tert-OH is 1. The van der Waals surface area contributed by atoms with Gasteiger partial charge in [0.15, 0.2) is 11.6 Å². The van der Waals surface area contributed by atoms with Crippen LogP contribution in [0.5, 0.6) is 0 Å². The lowest BCUT2D eigenvalue weighted by Crippen LogP contribution is -2.55. The van der Waals surface area contributed by atoms with Gasteiger partial charge in [-0.15, -0.1) is 0 Å². The highest BCUT2D eigenvalue weighted by Crippen LogP contribution is 2.44. The Morgan fingerprint density at radius 3 is 0.974 bits per heavy atom. The van der Waals surface area contributed by atoms with Crippen LogP contribution >= 0.6 is 0 Å². The summed E-state index contributed by atoms with van der Waals surface area (Å²) in [5, 5.41) is 11.2. The van der Waals surface area contributed by atoms with Gasteiger partial charge in [0.25, 0.3) is 0 Å². The average Bonchev–Trinajstić information content (AvgIpc) is 2.99. The molecule has 0 saturated heterocycles. The Balaban J connectivity index is 1.42. The number of aliphatic hydroxyl groups is 1. The minimum Gasteiger partial charge on any atom is -0.393 e. The van der Waals surface area contributed by atoms with Crippen molar-refractivity contribution < 1.29 is 24.1 Å². The number of hydrogen-bond acceptors (Lipinski definition) is 5. The molecule has 39 heavy (non-hydrogen) atoms. The summed E-state index contributed by atoms with van der Waals surface area (Å²) < 4.78 is 26.3. The van der Waals surface area contributed by atoms with E-state index >= 15 is 0 Å². The SMILES string of the molecule is OC1CC(OCc2ccccc2)(OCc2ccccc2)CC(OCc2ccccc2)(OCc2ccccc2)C1. The lowest BCUT2D eigenvalue weighted by atomic mass is 9.85. The van der Waals surface area contributed by atoms with Crippen LogP contribution in [0, 0.1) is 0 Å². The normalized spacial score (nSPS) is 16.6. The third-order valence-corrected chi connectivity index (χ3v) is 7.01. The molecular formula is C34H36O5. The van der Waals surface area contributed by atoms with E-state index in [1.54, 1.807) is 0 Å². The molecule has 1 fully saturated rings. The van der Waals surface area contributed by atoms with Gasteiger partial charge < -0.3 is 24.1 Å². The van der Waals surface area contributed by atoms with Crippen molar-refractivity contribution in [3.05, 3.63) is 144 Å². The molecule has 202 valence electrons. The molecule has 0 radical (unpaired) electrons.